The van der Waals surface area contributed by atoms with Crippen LogP contribution < -0.4 is 5.32 Å². The van der Waals surface area contributed by atoms with Gasteiger partial charge in [-0.1, -0.05) is 54.6 Å². The molecule has 31 heavy (non-hydrogen) atoms. The first-order valence-electron chi connectivity index (χ1n) is 9.51. The monoisotopic (exact) mass is 410 g/mol. The van der Waals surface area contributed by atoms with Gasteiger partial charge in [-0.3, -0.25) is 9.78 Å². The van der Waals surface area contributed by atoms with Gasteiger partial charge in [0.05, 0.1) is 16.8 Å². The number of pyridine rings is 1. The van der Waals surface area contributed by atoms with E-state index in [1.54, 1.807) is 48.8 Å². The lowest BCUT2D eigenvalue weighted by molar-refractivity contribution is 0.0698. The molecule has 0 atom stereocenters. The van der Waals surface area contributed by atoms with Crippen molar-refractivity contribution in [3.8, 4) is 28.0 Å². The van der Waals surface area contributed by atoms with Crippen molar-refractivity contribution < 1.29 is 19.8 Å². The minimum atomic E-state index is -1.16. The van der Waals surface area contributed by atoms with E-state index in [9.17, 15) is 19.8 Å². The molecule has 0 aliphatic carbocycles. The molecular weight excluding hydrogens is 392 g/mol. The van der Waals surface area contributed by atoms with E-state index in [4.69, 9.17) is 0 Å². The molecule has 0 bridgehead atoms. The number of carboxylic acids is 1. The Hall–Kier alpha value is -4.45. The Morgan fingerprint density at radius 3 is 2.26 bits per heavy atom. The number of benzene rings is 3. The topological polar surface area (TPSA) is 99.5 Å². The fraction of sp³-hybridized carbons (Fsp3) is 0. The Morgan fingerprint density at radius 2 is 1.55 bits per heavy atom. The summed E-state index contributed by atoms with van der Waals surface area (Å²) in [4.78, 5) is 28.7. The lowest BCUT2D eigenvalue weighted by atomic mass is 10.0. The zero-order valence-electron chi connectivity index (χ0n) is 16.3. The molecule has 3 aromatic carbocycles. The van der Waals surface area contributed by atoms with Gasteiger partial charge in [-0.05, 0) is 35.4 Å². The molecular formula is C25H18N2O4. The molecule has 1 heterocycles. The normalized spacial score (nSPS) is 10.5. The maximum atomic E-state index is 13.0. The fourth-order valence-electron chi connectivity index (χ4n) is 3.32. The van der Waals surface area contributed by atoms with Crippen LogP contribution in [-0.4, -0.2) is 27.1 Å². The number of aromatic carboxylic acids is 1. The number of anilines is 1. The number of carboxylic acid groups (broad SMARTS) is 1. The molecule has 3 N–H and O–H groups in total. The standard InChI is InChI=1S/C25H18N2O4/c28-23-19(18-8-5-13-26-15-18)9-4-10-21(23)24(29)27-22-14-17(11-12-20(22)25(30)31)16-6-2-1-3-7-16/h1-15,28H,(H,27,29)(H,30,31). The molecule has 0 saturated carbocycles. The van der Waals surface area contributed by atoms with Crippen LogP contribution in [0.15, 0.2) is 91.3 Å². The number of nitrogens with one attached hydrogen (secondary N) is 1. The van der Waals surface area contributed by atoms with Gasteiger partial charge in [0.25, 0.3) is 5.91 Å². The van der Waals surface area contributed by atoms with Crippen molar-refractivity contribution in [2.45, 2.75) is 0 Å². The van der Waals surface area contributed by atoms with E-state index in [0.717, 1.165) is 11.1 Å². The number of hydrogen-bond donors (Lipinski definition) is 3. The summed E-state index contributed by atoms with van der Waals surface area (Å²) in [7, 11) is 0. The maximum absolute atomic E-state index is 13.0. The molecule has 1 amide bonds. The number of para-hydroxylation sites is 1. The summed E-state index contributed by atoms with van der Waals surface area (Å²) in [5.74, 6) is -1.98. The second kappa shape index (κ2) is 8.51. The van der Waals surface area contributed by atoms with Crippen molar-refractivity contribution in [2.24, 2.45) is 0 Å². The average Bonchev–Trinajstić information content (AvgIpc) is 2.80. The van der Waals surface area contributed by atoms with E-state index >= 15 is 0 Å². The molecule has 1 aromatic heterocycles. The van der Waals surface area contributed by atoms with Crippen molar-refractivity contribution in [3.63, 3.8) is 0 Å². The average molecular weight is 410 g/mol. The third kappa shape index (κ3) is 4.13. The van der Waals surface area contributed by atoms with E-state index < -0.39 is 11.9 Å². The van der Waals surface area contributed by atoms with Crippen LogP contribution in [0.5, 0.6) is 5.75 Å². The zero-order valence-corrected chi connectivity index (χ0v) is 16.3. The van der Waals surface area contributed by atoms with Crippen molar-refractivity contribution in [1.82, 2.24) is 4.98 Å². The summed E-state index contributed by atoms with van der Waals surface area (Å²) in [6, 6.07) is 22.5. The van der Waals surface area contributed by atoms with Crippen LogP contribution in [0.1, 0.15) is 20.7 Å². The molecule has 4 aromatic rings. The van der Waals surface area contributed by atoms with Gasteiger partial charge >= 0.3 is 5.97 Å². The fourth-order valence-corrected chi connectivity index (χ4v) is 3.32. The number of phenols is 1. The maximum Gasteiger partial charge on any atom is 0.337 e. The van der Waals surface area contributed by atoms with Crippen molar-refractivity contribution in [1.29, 1.82) is 0 Å². The predicted molar refractivity (Wildman–Crippen MR) is 118 cm³/mol. The molecule has 0 aliphatic heterocycles. The SMILES string of the molecule is O=C(O)c1ccc(-c2ccccc2)cc1NC(=O)c1cccc(-c2cccnc2)c1O. The highest BCUT2D eigenvalue weighted by molar-refractivity contribution is 6.10. The number of aromatic hydroxyl groups is 1. The van der Waals surface area contributed by atoms with Gasteiger partial charge in [0, 0.05) is 23.5 Å². The van der Waals surface area contributed by atoms with Gasteiger partial charge in [-0.2, -0.15) is 0 Å². The van der Waals surface area contributed by atoms with Gasteiger partial charge in [0.2, 0.25) is 0 Å². The second-order valence-electron chi connectivity index (χ2n) is 6.83. The van der Waals surface area contributed by atoms with Gasteiger partial charge in [-0.25, -0.2) is 4.79 Å². The van der Waals surface area contributed by atoms with Crippen LogP contribution in [0.3, 0.4) is 0 Å². The Labute approximate surface area is 178 Å². The molecule has 0 radical (unpaired) electrons. The van der Waals surface area contributed by atoms with Crippen molar-refractivity contribution in [2.75, 3.05) is 5.32 Å². The number of nitrogens with zero attached hydrogens (tertiary/aromatic N) is 1. The number of hydrogen-bond acceptors (Lipinski definition) is 4. The van der Waals surface area contributed by atoms with E-state index in [0.29, 0.717) is 11.1 Å². The minimum absolute atomic E-state index is 0.0304. The van der Waals surface area contributed by atoms with Gasteiger partial charge in [0.15, 0.2) is 0 Å². The molecule has 6 nitrogen and oxygen atoms in total. The lowest BCUT2D eigenvalue weighted by Crippen LogP contribution is -2.15. The summed E-state index contributed by atoms with van der Waals surface area (Å²) < 4.78 is 0. The summed E-state index contributed by atoms with van der Waals surface area (Å²) in [5.41, 5.74) is 2.89. The first kappa shape index (κ1) is 19.8. The van der Waals surface area contributed by atoms with E-state index in [1.807, 2.05) is 30.3 Å². The number of phenolic OH excluding ortho intramolecular Hbond substituents is 1. The molecule has 0 unspecified atom stereocenters. The second-order valence-corrected chi connectivity index (χ2v) is 6.83. The van der Waals surface area contributed by atoms with Crippen molar-refractivity contribution in [3.05, 3.63) is 102 Å². The summed E-state index contributed by atoms with van der Waals surface area (Å²) in [5, 5.41) is 22.9. The van der Waals surface area contributed by atoms with Gasteiger partial charge in [0.1, 0.15) is 5.75 Å². The van der Waals surface area contributed by atoms with E-state index in [-0.39, 0.29) is 22.6 Å². The number of aromatic nitrogens is 1. The van der Waals surface area contributed by atoms with Gasteiger partial charge < -0.3 is 15.5 Å². The molecule has 4 rings (SSSR count). The molecule has 152 valence electrons. The molecule has 6 heteroatoms. The Bertz CT molecular complexity index is 1260. The zero-order chi connectivity index (χ0) is 21.8. The Kier molecular flexibility index (Phi) is 5.45. The number of carbonyl (C=O) groups is 2. The first-order chi connectivity index (χ1) is 15.0. The predicted octanol–water partition coefficient (Wildman–Crippen LogP) is 5.07. The lowest BCUT2D eigenvalue weighted by Gasteiger charge is -2.13. The highest BCUT2D eigenvalue weighted by Crippen LogP contribution is 2.33. The highest BCUT2D eigenvalue weighted by atomic mass is 16.4. The van der Waals surface area contributed by atoms with Crippen LogP contribution in [0.4, 0.5) is 5.69 Å². The highest BCUT2D eigenvalue weighted by Gasteiger charge is 2.19. The van der Waals surface area contributed by atoms with E-state index in [2.05, 4.69) is 10.3 Å². The molecule has 0 fully saturated rings. The quantitative estimate of drug-likeness (QED) is 0.426. The number of rotatable bonds is 5. The molecule has 0 saturated heterocycles. The third-order valence-electron chi connectivity index (χ3n) is 4.86. The van der Waals surface area contributed by atoms with Crippen molar-refractivity contribution >= 4 is 17.6 Å². The molecule has 0 spiro atoms. The Morgan fingerprint density at radius 1 is 0.774 bits per heavy atom. The first-order valence-corrected chi connectivity index (χ1v) is 9.51. The number of amides is 1. The van der Waals surface area contributed by atoms with Crippen LogP contribution in [0.25, 0.3) is 22.3 Å². The summed E-state index contributed by atoms with van der Waals surface area (Å²) >= 11 is 0. The van der Waals surface area contributed by atoms with Gasteiger partial charge in [-0.15, -0.1) is 0 Å². The van der Waals surface area contributed by atoms with Crippen LogP contribution in [0, 0.1) is 0 Å². The van der Waals surface area contributed by atoms with E-state index in [1.165, 1.54) is 12.1 Å². The van der Waals surface area contributed by atoms with Crippen LogP contribution >= 0.6 is 0 Å². The minimum Gasteiger partial charge on any atom is -0.506 e. The summed E-state index contributed by atoms with van der Waals surface area (Å²) in [6.07, 6.45) is 3.20. The van der Waals surface area contributed by atoms with Crippen LogP contribution in [0.2, 0.25) is 0 Å². The smallest absolute Gasteiger partial charge is 0.337 e. The Balaban J connectivity index is 1.71. The molecule has 0 aliphatic rings. The largest absolute Gasteiger partial charge is 0.506 e. The summed E-state index contributed by atoms with van der Waals surface area (Å²) in [6.45, 7) is 0. The third-order valence-corrected chi connectivity index (χ3v) is 4.86. The number of carbonyl (C=O) groups excluding carboxylic acids is 1. The van der Waals surface area contributed by atoms with Crippen LogP contribution in [-0.2, 0) is 0 Å².